The van der Waals surface area contributed by atoms with Crippen LogP contribution in [0.4, 0.5) is 11.4 Å². The number of amides is 1. The molecular formula is C22H27N5O5S. The number of nitrogens with one attached hydrogen (secondary N) is 1. The molecule has 1 saturated heterocycles. The van der Waals surface area contributed by atoms with Gasteiger partial charge < -0.3 is 19.5 Å². The molecule has 1 fully saturated rings. The fourth-order valence-corrected chi connectivity index (χ4v) is 4.70. The van der Waals surface area contributed by atoms with E-state index >= 15 is 0 Å². The van der Waals surface area contributed by atoms with Gasteiger partial charge in [0.2, 0.25) is 15.9 Å². The van der Waals surface area contributed by atoms with E-state index in [1.165, 1.54) is 22.2 Å². The number of hydrogen-bond donors (Lipinski definition) is 1. The predicted octanol–water partition coefficient (Wildman–Crippen LogP) is 0.895. The Kier molecular flexibility index (Phi) is 7.53. The number of aryl methyl sites for hydroxylation is 1. The highest BCUT2D eigenvalue weighted by Gasteiger charge is 2.25. The van der Waals surface area contributed by atoms with E-state index in [1.54, 1.807) is 25.1 Å². The molecule has 0 saturated carbocycles. The first-order valence-corrected chi connectivity index (χ1v) is 12.2. The third kappa shape index (κ3) is 5.60. The van der Waals surface area contributed by atoms with Gasteiger partial charge in [0.05, 0.1) is 24.2 Å². The number of rotatable bonds is 7. The number of pyridine rings is 1. The SMILES string of the molecule is COCc1cc(C)n(CC(=O)Nc2ccccc2N2CCN(S(C)(=O)=O)CC2)c(=O)c1C#N. The number of carbonyl (C=O) groups is 1. The zero-order chi connectivity index (χ0) is 24.2. The molecule has 1 aliphatic heterocycles. The Morgan fingerprint density at radius 3 is 2.48 bits per heavy atom. The van der Waals surface area contributed by atoms with Crippen molar-refractivity contribution < 1.29 is 17.9 Å². The van der Waals surface area contributed by atoms with Gasteiger partial charge in [-0.2, -0.15) is 9.57 Å². The first-order chi connectivity index (χ1) is 15.7. The lowest BCUT2D eigenvalue weighted by Gasteiger charge is -2.35. The second kappa shape index (κ2) is 10.2. The molecule has 1 aromatic carbocycles. The molecule has 0 atom stereocenters. The number of ether oxygens (including phenoxy) is 1. The number of hydrogen-bond acceptors (Lipinski definition) is 7. The first kappa shape index (κ1) is 24.4. The van der Waals surface area contributed by atoms with Crippen molar-refractivity contribution in [2.24, 2.45) is 0 Å². The summed E-state index contributed by atoms with van der Waals surface area (Å²) in [5.41, 5.74) is 1.79. The molecule has 1 amide bonds. The number of piperazine rings is 1. The maximum absolute atomic E-state index is 12.8. The fourth-order valence-electron chi connectivity index (χ4n) is 3.87. The molecule has 0 aliphatic carbocycles. The van der Waals surface area contributed by atoms with E-state index in [1.807, 2.05) is 23.1 Å². The van der Waals surface area contributed by atoms with Crippen LogP contribution in [0.3, 0.4) is 0 Å². The number of para-hydroxylation sites is 2. The summed E-state index contributed by atoms with van der Waals surface area (Å²) in [6, 6.07) is 10.8. The number of methoxy groups -OCH3 is 1. The molecule has 0 spiro atoms. The summed E-state index contributed by atoms with van der Waals surface area (Å²) in [7, 11) is -1.76. The standard InChI is InChI=1S/C22H27N5O5S/c1-16-12-17(15-32-2)18(13-23)22(29)27(16)14-21(28)24-19-6-4-5-7-20(19)25-8-10-26(11-9-25)33(3,30)31/h4-7,12H,8-11,14-15H2,1-3H3,(H,24,28). The molecule has 11 heteroatoms. The van der Waals surface area contributed by atoms with E-state index in [-0.39, 0.29) is 18.7 Å². The lowest BCUT2D eigenvalue weighted by molar-refractivity contribution is -0.116. The van der Waals surface area contributed by atoms with Crippen molar-refractivity contribution in [2.75, 3.05) is 49.8 Å². The molecule has 33 heavy (non-hydrogen) atoms. The molecule has 2 heterocycles. The van der Waals surface area contributed by atoms with Crippen molar-refractivity contribution >= 4 is 27.3 Å². The van der Waals surface area contributed by atoms with Crippen molar-refractivity contribution in [3.63, 3.8) is 0 Å². The Morgan fingerprint density at radius 2 is 1.88 bits per heavy atom. The fraction of sp³-hybridized carbons (Fsp3) is 0.409. The number of benzene rings is 1. The third-order valence-electron chi connectivity index (χ3n) is 5.53. The van der Waals surface area contributed by atoms with Gasteiger partial charge in [-0.1, -0.05) is 12.1 Å². The monoisotopic (exact) mass is 473 g/mol. The van der Waals surface area contributed by atoms with Crippen LogP contribution in [0.1, 0.15) is 16.8 Å². The molecule has 1 aromatic heterocycles. The van der Waals surface area contributed by atoms with Crippen LogP contribution < -0.4 is 15.8 Å². The molecule has 1 N–H and O–H groups in total. The maximum atomic E-state index is 12.8. The third-order valence-corrected chi connectivity index (χ3v) is 6.83. The highest BCUT2D eigenvalue weighted by molar-refractivity contribution is 7.88. The number of anilines is 2. The Morgan fingerprint density at radius 1 is 1.21 bits per heavy atom. The van der Waals surface area contributed by atoms with Crippen molar-refractivity contribution in [1.82, 2.24) is 8.87 Å². The Labute approximate surface area is 193 Å². The number of carbonyl (C=O) groups excluding carboxylic acids is 1. The normalized spacial score (nSPS) is 14.7. The Balaban J connectivity index is 1.78. The molecule has 176 valence electrons. The van der Waals surface area contributed by atoms with E-state index < -0.39 is 21.5 Å². The minimum Gasteiger partial charge on any atom is -0.380 e. The minimum atomic E-state index is -3.24. The van der Waals surface area contributed by atoms with Gasteiger partial charge in [0.15, 0.2) is 0 Å². The van der Waals surface area contributed by atoms with E-state index in [2.05, 4.69) is 5.32 Å². The summed E-state index contributed by atoms with van der Waals surface area (Å²) in [4.78, 5) is 27.6. The molecule has 0 bridgehead atoms. The van der Waals surface area contributed by atoms with E-state index in [4.69, 9.17) is 4.74 Å². The maximum Gasteiger partial charge on any atom is 0.269 e. The van der Waals surface area contributed by atoms with Gasteiger partial charge in [-0.25, -0.2) is 8.42 Å². The van der Waals surface area contributed by atoms with Crippen LogP contribution >= 0.6 is 0 Å². The van der Waals surface area contributed by atoms with Gasteiger partial charge in [0, 0.05) is 44.5 Å². The average molecular weight is 474 g/mol. The topological polar surface area (TPSA) is 125 Å². The number of sulfonamides is 1. The van der Waals surface area contributed by atoms with Gasteiger partial charge in [-0.05, 0) is 25.1 Å². The van der Waals surface area contributed by atoms with Crippen LogP contribution in [0.25, 0.3) is 0 Å². The van der Waals surface area contributed by atoms with Crippen molar-refractivity contribution in [3.05, 3.63) is 57.5 Å². The van der Waals surface area contributed by atoms with Crippen molar-refractivity contribution in [1.29, 1.82) is 5.26 Å². The van der Waals surface area contributed by atoms with Crippen LogP contribution in [0.15, 0.2) is 35.1 Å². The highest BCUT2D eigenvalue weighted by atomic mass is 32.2. The number of nitriles is 1. The largest absolute Gasteiger partial charge is 0.380 e. The smallest absolute Gasteiger partial charge is 0.269 e. The summed E-state index contributed by atoms with van der Waals surface area (Å²) in [5, 5.41) is 12.2. The first-order valence-electron chi connectivity index (χ1n) is 10.4. The van der Waals surface area contributed by atoms with Gasteiger partial charge in [-0.3, -0.25) is 9.59 Å². The van der Waals surface area contributed by atoms with E-state index in [9.17, 15) is 23.3 Å². The molecule has 10 nitrogen and oxygen atoms in total. The lowest BCUT2D eigenvalue weighted by atomic mass is 10.1. The van der Waals surface area contributed by atoms with Gasteiger partial charge >= 0.3 is 0 Å². The van der Waals surface area contributed by atoms with Gasteiger partial charge in [0.1, 0.15) is 18.2 Å². The Bertz CT molecular complexity index is 1240. The van der Waals surface area contributed by atoms with Crippen molar-refractivity contribution in [3.8, 4) is 6.07 Å². The van der Waals surface area contributed by atoms with E-state index in [0.717, 1.165) is 5.69 Å². The van der Waals surface area contributed by atoms with E-state index in [0.29, 0.717) is 43.1 Å². The van der Waals surface area contributed by atoms with Crippen LogP contribution in [0, 0.1) is 18.3 Å². The lowest BCUT2D eigenvalue weighted by Crippen LogP contribution is -2.48. The number of aromatic nitrogens is 1. The second-order valence-electron chi connectivity index (χ2n) is 7.84. The summed E-state index contributed by atoms with van der Waals surface area (Å²) >= 11 is 0. The highest BCUT2D eigenvalue weighted by Crippen LogP contribution is 2.27. The predicted molar refractivity (Wildman–Crippen MR) is 125 cm³/mol. The quantitative estimate of drug-likeness (QED) is 0.633. The van der Waals surface area contributed by atoms with Gasteiger partial charge in [0.25, 0.3) is 5.56 Å². The van der Waals surface area contributed by atoms with Crippen LogP contribution in [-0.2, 0) is 32.7 Å². The van der Waals surface area contributed by atoms with Gasteiger partial charge in [-0.15, -0.1) is 0 Å². The molecular weight excluding hydrogens is 446 g/mol. The van der Waals surface area contributed by atoms with Crippen LogP contribution in [-0.4, -0.2) is 62.7 Å². The minimum absolute atomic E-state index is 0.0422. The molecule has 0 unspecified atom stereocenters. The summed E-state index contributed by atoms with van der Waals surface area (Å²) < 4.78 is 31.3. The molecule has 1 aliphatic rings. The summed E-state index contributed by atoms with van der Waals surface area (Å²) in [5.74, 6) is -0.411. The molecule has 2 aromatic rings. The molecule has 3 rings (SSSR count). The second-order valence-corrected chi connectivity index (χ2v) is 9.82. The zero-order valence-corrected chi connectivity index (χ0v) is 19.7. The summed E-state index contributed by atoms with van der Waals surface area (Å²) in [6.07, 6.45) is 1.19. The number of nitrogens with zero attached hydrogens (tertiary/aromatic N) is 4. The average Bonchev–Trinajstić information content (AvgIpc) is 2.77. The zero-order valence-electron chi connectivity index (χ0n) is 18.9. The van der Waals surface area contributed by atoms with Crippen LogP contribution in [0.2, 0.25) is 0 Å². The summed E-state index contributed by atoms with van der Waals surface area (Å²) in [6.45, 7) is 3.29. The van der Waals surface area contributed by atoms with Crippen LogP contribution in [0.5, 0.6) is 0 Å². The molecule has 0 radical (unpaired) electrons. The Hall–Kier alpha value is -3.20. The van der Waals surface area contributed by atoms with Crippen molar-refractivity contribution in [2.45, 2.75) is 20.1 Å².